The summed E-state index contributed by atoms with van der Waals surface area (Å²) >= 11 is 0. The average Bonchev–Trinajstić information content (AvgIpc) is 2.75. The van der Waals surface area contributed by atoms with Crippen molar-refractivity contribution in [1.29, 1.82) is 0 Å². The van der Waals surface area contributed by atoms with Crippen molar-refractivity contribution in [3.8, 4) is 0 Å². The highest BCUT2D eigenvalue weighted by Gasteiger charge is 2.15. The summed E-state index contributed by atoms with van der Waals surface area (Å²) in [6, 6.07) is 0.482. The fourth-order valence-corrected chi connectivity index (χ4v) is 2.01. The second kappa shape index (κ2) is 6.12. The Kier molecular flexibility index (Phi) is 4.50. The molecule has 1 aromatic rings. The topological polar surface area (TPSA) is 52.0 Å². The zero-order valence-electron chi connectivity index (χ0n) is 10.7. The molecular weight excluding hydrogens is 216 g/mol. The van der Waals surface area contributed by atoms with Crippen molar-refractivity contribution in [3.63, 3.8) is 0 Å². The summed E-state index contributed by atoms with van der Waals surface area (Å²) in [4.78, 5) is 0. The van der Waals surface area contributed by atoms with Crippen LogP contribution in [0.3, 0.4) is 0 Å². The van der Waals surface area contributed by atoms with Crippen LogP contribution in [0.4, 0.5) is 0 Å². The lowest BCUT2D eigenvalue weighted by Gasteiger charge is -2.21. The van der Waals surface area contributed by atoms with Crippen LogP contribution >= 0.6 is 0 Å². The summed E-state index contributed by atoms with van der Waals surface area (Å²) in [5, 5.41) is 11.7. The molecule has 0 saturated carbocycles. The van der Waals surface area contributed by atoms with Crippen LogP contribution in [0.1, 0.15) is 32.4 Å². The molecule has 1 fully saturated rings. The highest BCUT2D eigenvalue weighted by Crippen LogP contribution is 2.16. The van der Waals surface area contributed by atoms with Crippen LogP contribution in [0.2, 0.25) is 0 Å². The number of nitrogens with zero attached hydrogens (tertiary/aromatic N) is 3. The van der Waals surface area contributed by atoms with Gasteiger partial charge in [-0.15, -0.1) is 5.10 Å². The first kappa shape index (κ1) is 12.5. The number of hydrogen-bond donors (Lipinski definition) is 1. The molecule has 17 heavy (non-hydrogen) atoms. The van der Waals surface area contributed by atoms with Crippen molar-refractivity contribution < 1.29 is 4.74 Å². The van der Waals surface area contributed by atoms with E-state index < -0.39 is 0 Å². The molecule has 5 heteroatoms. The van der Waals surface area contributed by atoms with Gasteiger partial charge in [0.25, 0.3) is 0 Å². The van der Waals surface area contributed by atoms with Gasteiger partial charge in [0.05, 0.1) is 5.69 Å². The van der Waals surface area contributed by atoms with Crippen LogP contribution in [-0.4, -0.2) is 34.2 Å². The normalized spacial score (nSPS) is 17.8. The molecule has 1 N–H and O–H groups in total. The number of nitrogens with one attached hydrogen (secondary N) is 1. The second-order valence-electron chi connectivity index (χ2n) is 5.02. The van der Waals surface area contributed by atoms with Gasteiger partial charge in [-0.3, -0.25) is 4.68 Å². The van der Waals surface area contributed by atoms with Gasteiger partial charge in [0.1, 0.15) is 0 Å². The first-order valence-corrected chi connectivity index (χ1v) is 6.44. The minimum Gasteiger partial charge on any atom is -0.381 e. The van der Waals surface area contributed by atoms with Crippen molar-refractivity contribution in [2.24, 2.45) is 5.92 Å². The molecule has 96 valence electrons. The van der Waals surface area contributed by atoms with E-state index in [0.717, 1.165) is 44.8 Å². The van der Waals surface area contributed by atoms with Gasteiger partial charge in [0.15, 0.2) is 0 Å². The van der Waals surface area contributed by atoms with E-state index >= 15 is 0 Å². The fraction of sp³-hybridized carbons (Fsp3) is 0.833. The fourth-order valence-electron chi connectivity index (χ4n) is 2.01. The lowest BCUT2D eigenvalue weighted by Crippen LogP contribution is -2.22. The predicted molar refractivity (Wildman–Crippen MR) is 65.5 cm³/mol. The molecule has 0 bridgehead atoms. The summed E-state index contributed by atoms with van der Waals surface area (Å²) in [6.07, 6.45) is 4.32. The quantitative estimate of drug-likeness (QED) is 0.837. The van der Waals surface area contributed by atoms with Crippen molar-refractivity contribution in [3.05, 3.63) is 11.9 Å². The Hall–Kier alpha value is -0.940. The third kappa shape index (κ3) is 4.09. The van der Waals surface area contributed by atoms with Gasteiger partial charge in [-0.2, -0.15) is 0 Å². The summed E-state index contributed by atoms with van der Waals surface area (Å²) in [6.45, 7) is 7.81. The van der Waals surface area contributed by atoms with Crippen LogP contribution in [-0.2, 0) is 17.8 Å². The van der Waals surface area contributed by atoms with Crippen molar-refractivity contribution >= 4 is 0 Å². The van der Waals surface area contributed by atoms with Gasteiger partial charge in [-0.05, 0) is 18.8 Å². The Bertz CT molecular complexity index is 331. The smallest absolute Gasteiger partial charge is 0.0964 e. The second-order valence-corrected chi connectivity index (χ2v) is 5.02. The van der Waals surface area contributed by atoms with E-state index in [1.54, 1.807) is 0 Å². The lowest BCUT2D eigenvalue weighted by molar-refractivity contribution is 0.0600. The van der Waals surface area contributed by atoms with Crippen LogP contribution in [0.25, 0.3) is 0 Å². The van der Waals surface area contributed by atoms with E-state index in [2.05, 4.69) is 29.5 Å². The van der Waals surface area contributed by atoms with E-state index in [1.807, 2.05) is 10.9 Å². The third-order valence-corrected chi connectivity index (χ3v) is 3.06. The highest BCUT2D eigenvalue weighted by atomic mass is 16.5. The molecule has 0 radical (unpaired) electrons. The lowest BCUT2D eigenvalue weighted by atomic mass is 10.0. The Morgan fingerprint density at radius 2 is 2.24 bits per heavy atom. The maximum Gasteiger partial charge on any atom is 0.0964 e. The predicted octanol–water partition coefficient (Wildman–Crippen LogP) is 1.20. The van der Waals surface area contributed by atoms with Crippen molar-refractivity contribution in [1.82, 2.24) is 20.3 Å². The highest BCUT2D eigenvalue weighted by molar-refractivity contribution is 4.92. The molecule has 0 spiro atoms. The average molecular weight is 238 g/mol. The zero-order chi connectivity index (χ0) is 12.1. The third-order valence-electron chi connectivity index (χ3n) is 3.06. The zero-order valence-corrected chi connectivity index (χ0v) is 10.7. The van der Waals surface area contributed by atoms with Crippen LogP contribution in [0.15, 0.2) is 6.20 Å². The van der Waals surface area contributed by atoms with Gasteiger partial charge >= 0.3 is 0 Å². The maximum atomic E-state index is 5.35. The first-order valence-electron chi connectivity index (χ1n) is 6.44. The Balaban J connectivity index is 1.80. The van der Waals surface area contributed by atoms with E-state index in [4.69, 9.17) is 4.74 Å². The van der Waals surface area contributed by atoms with Crippen LogP contribution < -0.4 is 5.32 Å². The summed E-state index contributed by atoms with van der Waals surface area (Å²) in [5.41, 5.74) is 1.02. The Labute approximate surface area is 103 Å². The molecule has 0 aliphatic carbocycles. The Morgan fingerprint density at radius 1 is 1.47 bits per heavy atom. The van der Waals surface area contributed by atoms with Crippen molar-refractivity contribution in [2.45, 2.75) is 45.8 Å². The molecule has 0 amide bonds. The summed E-state index contributed by atoms with van der Waals surface area (Å²) in [7, 11) is 0. The number of ether oxygens (including phenoxy) is 1. The molecule has 0 atom stereocenters. The van der Waals surface area contributed by atoms with E-state index in [-0.39, 0.29) is 0 Å². The van der Waals surface area contributed by atoms with Gasteiger partial charge in [-0.25, -0.2) is 0 Å². The standard InChI is InChI=1S/C12H22N4O/c1-10(2)13-7-12-9-16(15-14-12)8-11-3-5-17-6-4-11/h9-11,13H,3-8H2,1-2H3. The maximum absolute atomic E-state index is 5.35. The molecule has 2 heterocycles. The molecule has 1 aromatic heterocycles. The summed E-state index contributed by atoms with van der Waals surface area (Å²) < 4.78 is 7.32. The van der Waals surface area contributed by atoms with Crippen LogP contribution in [0.5, 0.6) is 0 Å². The van der Waals surface area contributed by atoms with Crippen molar-refractivity contribution in [2.75, 3.05) is 13.2 Å². The first-order chi connectivity index (χ1) is 8.24. The van der Waals surface area contributed by atoms with E-state index in [9.17, 15) is 0 Å². The van der Waals surface area contributed by atoms with Crippen LogP contribution in [0, 0.1) is 5.92 Å². The molecule has 0 aromatic carbocycles. The summed E-state index contributed by atoms with van der Waals surface area (Å²) in [5.74, 6) is 0.691. The Morgan fingerprint density at radius 3 is 2.94 bits per heavy atom. The number of hydrogen-bond acceptors (Lipinski definition) is 4. The minimum absolute atomic E-state index is 0.482. The largest absolute Gasteiger partial charge is 0.381 e. The van der Waals surface area contributed by atoms with Gasteiger partial charge in [0.2, 0.25) is 0 Å². The molecular formula is C12H22N4O. The molecule has 0 unspecified atom stereocenters. The van der Waals surface area contributed by atoms with Gasteiger partial charge in [0, 0.05) is 38.5 Å². The number of rotatable bonds is 5. The van der Waals surface area contributed by atoms with E-state index in [0.29, 0.717) is 12.0 Å². The van der Waals surface area contributed by atoms with Gasteiger partial charge < -0.3 is 10.1 Å². The number of aromatic nitrogens is 3. The SMILES string of the molecule is CC(C)NCc1cn(CC2CCOCC2)nn1. The monoisotopic (exact) mass is 238 g/mol. The molecule has 1 saturated heterocycles. The molecule has 1 aliphatic rings. The minimum atomic E-state index is 0.482. The van der Waals surface area contributed by atoms with Gasteiger partial charge in [-0.1, -0.05) is 19.1 Å². The molecule has 5 nitrogen and oxygen atoms in total. The molecule has 1 aliphatic heterocycles. The molecule has 2 rings (SSSR count). The van der Waals surface area contributed by atoms with E-state index in [1.165, 1.54) is 0 Å².